The van der Waals surface area contributed by atoms with E-state index in [0.29, 0.717) is 5.92 Å². The molecule has 0 saturated carbocycles. The van der Waals surface area contributed by atoms with E-state index in [1.807, 2.05) is 0 Å². The third kappa shape index (κ3) is 2.56. The zero-order chi connectivity index (χ0) is 13.8. The Morgan fingerprint density at radius 1 is 1.00 bits per heavy atom. The first-order valence-electron chi connectivity index (χ1n) is 6.86. The molecular formula is C18H21Cl2Hf. The van der Waals surface area contributed by atoms with Crippen molar-refractivity contribution in [1.82, 2.24) is 0 Å². The average Bonchev–Trinajstić information content (AvgIpc) is 2.92. The Labute approximate surface area is 155 Å². The summed E-state index contributed by atoms with van der Waals surface area (Å²) >= 11 is 1.15. The van der Waals surface area contributed by atoms with Crippen LogP contribution in [-0.2, 0) is 24.4 Å². The second-order valence-corrected chi connectivity index (χ2v) is 7.71. The van der Waals surface area contributed by atoms with Gasteiger partial charge in [-0.25, -0.2) is 0 Å². The predicted molar refractivity (Wildman–Crippen MR) is 91.9 cm³/mol. The molecule has 111 valence electrons. The van der Waals surface area contributed by atoms with Crippen LogP contribution in [-0.4, -0.2) is 0 Å². The molecule has 0 spiro atoms. The van der Waals surface area contributed by atoms with Crippen molar-refractivity contribution in [2.75, 3.05) is 0 Å². The minimum Gasteiger partial charge on any atom is -0.147 e. The van der Waals surface area contributed by atoms with E-state index in [2.05, 4.69) is 64.1 Å². The van der Waals surface area contributed by atoms with Crippen LogP contribution in [0, 0.1) is 5.41 Å². The van der Waals surface area contributed by atoms with Crippen molar-refractivity contribution < 1.29 is 24.4 Å². The smallest absolute Gasteiger partial charge is 0.147 e. The number of fused-ring (bicyclic) bond motifs is 1. The van der Waals surface area contributed by atoms with Gasteiger partial charge in [-0.3, -0.25) is 0 Å². The summed E-state index contributed by atoms with van der Waals surface area (Å²) in [4.78, 5) is 0. The molecule has 0 radical (unpaired) electrons. The fourth-order valence-corrected chi connectivity index (χ4v) is 5.48. The van der Waals surface area contributed by atoms with E-state index in [-0.39, 0.29) is 30.2 Å². The van der Waals surface area contributed by atoms with E-state index < -0.39 is 0 Å². The molecule has 0 bridgehead atoms. The quantitative estimate of drug-likeness (QED) is 0.439. The fraction of sp³-hybridized carbons (Fsp3) is 0.333. The predicted octanol–water partition coefficient (Wildman–Crippen LogP) is 5.82. The van der Waals surface area contributed by atoms with Crippen molar-refractivity contribution in [3.8, 4) is 0 Å². The Morgan fingerprint density at radius 3 is 2.19 bits per heavy atom. The second-order valence-electron chi connectivity index (χ2n) is 5.92. The largest absolute Gasteiger partial charge is 0.147 e. The van der Waals surface area contributed by atoms with E-state index in [9.17, 15) is 0 Å². The third-order valence-electron chi connectivity index (χ3n) is 5.22. The number of hydrogen-bond donors (Lipinski definition) is 0. The van der Waals surface area contributed by atoms with Gasteiger partial charge in [-0.1, -0.05) is 0 Å². The Morgan fingerprint density at radius 2 is 1.62 bits per heavy atom. The SMILES string of the molecule is CC1=C(C)C(C)(C2C=Cc3ccccc32)[C]([Hf])=C1C.Cl.Cl. The van der Waals surface area contributed by atoms with Gasteiger partial charge in [-0.05, 0) is 0 Å². The van der Waals surface area contributed by atoms with Crippen molar-refractivity contribution >= 4 is 30.9 Å². The Hall–Kier alpha value is -0.110. The first kappa shape index (κ1) is 18.9. The molecule has 0 nitrogen and oxygen atoms in total. The summed E-state index contributed by atoms with van der Waals surface area (Å²) in [5, 5.41) is 0. The maximum Gasteiger partial charge on any atom is -0.147 e. The first-order chi connectivity index (χ1) is 8.98. The molecule has 0 saturated heterocycles. The van der Waals surface area contributed by atoms with Gasteiger partial charge in [0.05, 0.1) is 0 Å². The third-order valence-corrected chi connectivity index (χ3v) is 8.43. The molecule has 0 amide bonds. The zero-order valence-corrected chi connectivity index (χ0v) is 18.1. The number of rotatable bonds is 1. The van der Waals surface area contributed by atoms with E-state index >= 15 is 0 Å². The molecule has 1 aromatic rings. The minimum absolute atomic E-state index is 0. The molecule has 0 fully saturated rings. The zero-order valence-electron chi connectivity index (χ0n) is 12.9. The molecular weight excluding hydrogens is 466 g/mol. The van der Waals surface area contributed by atoms with Crippen LogP contribution in [0.25, 0.3) is 6.08 Å². The van der Waals surface area contributed by atoms with Crippen LogP contribution in [0.5, 0.6) is 0 Å². The molecule has 0 heterocycles. The van der Waals surface area contributed by atoms with Gasteiger partial charge in [0.2, 0.25) is 0 Å². The molecule has 0 aromatic heterocycles. The summed E-state index contributed by atoms with van der Waals surface area (Å²) in [7, 11) is 0. The van der Waals surface area contributed by atoms with Gasteiger partial charge in [-0.2, -0.15) is 0 Å². The molecule has 2 unspecified atom stereocenters. The summed E-state index contributed by atoms with van der Waals surface area (Å²) in [6, 6.07) is 8.85. The maximum atomic E-state index is 2.45. The van der Waals surface area contributed by atoms with Gasteiger partial charge in [-0.15, -0.1) is 24.8 Å². The van der Waals surface area contributed by atoms with Crippen molar-refractivity contribution in [2.24, 2.45) is 5.41 Å². The van der Waals surface area contributed by atoms with E-state index in [0.717, 1.165) is 24.4 Å². The van der Waals surface area contributed by atoms with Gasteiger partial charge in [0.15, 0.2) is 0 Å². The van der Waals surface area contributed by atoms with Gasteiger partial charge in [0, 0.05) is 0 Å². The average molecular weight is 487 g/mol. The van der Waals surface area contributed by atoms with Crippen molar-refractivity contribution in [3.63, 3.8) is 0 Å². The van der Waals surface area contributed by atoms with E-state index in [1.54, 1.807) is 14.5 Å². The molecule has 1 aromatic carbocycles. The summed E-state index contributed by atoms with van der Waals surface area (Å²) in [5.41, 5.74) is 7.75. The number of hydrogen-bond acceptors (Lipinski definition) is 0. The monoisotopic (exact) mass is 487 g/mol. The van der Waals surface area contributed by atoms with Crippen LogP contribution in [0.4, 0.5) is 0 Å². The fourth-order valence-electron chi connectivity index (χ4n) is 3.58. The number of allylic oxidation sites excluding steroid dienone is 5. The summed E-state index contributed by atoms with van der Waals surface area (Å²) in [5.74, 6) is 0.517. The standard InChI is InChI=1S/C18H19.2ClH.Hf/c1-12-11-18(4,14(3)13(12)2)17-10-9-15-7-5-6-8-16(15)17;;;/h5-10,17H,1-4H3;2*1H;. The van der Waals surface area contributed by atoms with Gasteiger partial charge < -0.3 is 0 Å². The Kier molecular flexibility index (Phi) is 5.92. The summed E-state index contributed by atoms with van der Waals surface area (Å²) in [6.45, 7) is 9.37. The van der Waals surface area contributed by atoms with Crippen LogP contribution in [0.1, 0.15) is 44.7 Å². The molecule has 21 heavy (non-hydrogen) atoms. The molecule has 0 aliphatic heterocycles. The topological polar surface area (TPSA) is 0 Å². The molecule has 3 heteroatoms. The van der Waals surface area contributed by atoms with Crippen LogP contribution >= 0.6 is 24.8 Å². The first-order valence-corrected chi connectivity index (χ1v) is 8.66. The molecule has 2 atom stereocenters. The molecule has 2 aliphatic carbocycles. The van der Waals surface area contributed by atoms with Gasteiger partial charge in [0.25, 0.3) is 0 Å². The van der Waals surface area contributed by atoms with Crippen molar-refractivity contribution in [2.45, 2.75) is 33.6 Å². The Balaban J connectivity index is 0.00000110. The normalized spacial score (nSPS) is 26.5. The molecule has 2 aliphatic rings. The second kappa shape index (κ2) is 6.56. The minimum atomic E-state index is 0. The Bertz CT molecular complexity index is 629. The van der Waals surface area contributed by atoms with Gasteiger partial charge >= 0.3 is 131 Å². The summed E-state index contributed by atoms with van der Waals surface area (Å²) in [6.07, 6.45) is 4.72. The van der Waals surface area contributed by atoms with Gasteiger partial charge in [0.1, 0.15) is 0 Å². The molecule has 3 rings (SSSR count). The van der Waals surface area contributed by atoms with Crippen molar-refractivity contribution in [3.05, 3.63) is 61.5 Å². The van der Waals surface area contributed by atoms with Crippen LogP contribution in [0.15, 0.2) is 50.4 Å². The molecule has 0 N–H and O–H groups in total. The van der Waals surface area contributed by atoms with Crippen LogP contribution < -0.4 is 0 Å². The summed E-state index contributed by atoms with van der Waals surface area (Å²) < 4.78 is 1.67. The van der Waals surface area contributed by atoms with Crippen molar-refractivity contribution in [1.29, 1.82) is 0 Å². The number of halogens is 2. The van der Waals surface area contributed by atoms with Crippen LogP contribution in [0.3, 0.4) is 0 Å². The maximum absolute atomic E-state index is 2.45. The van der Waals surface area contributed by atoms with E-state index in [4.69, 9.17) is 0 Å². The van der Waals surface area contributed by atoms with E-state index in [1.165, 1.54) is 16.7 Å². The van der Waals surface area contributed by atoms with Crippen LogP contribution in [0.2, 0.25) is 0 Å². The number of benzene rings is 1.